The molecule has 5 N–H and O–H groups in total. The Kier molecular flexibility index (Phi) is 3.18. The van der Waals surface area contributed by atoms with Crippen LogP contribution in [0.2, 0.25) is 0 Å². The summed E-state index contributed by atoms with van der Waals surface area (Å²) in [6.45, 7) is -0.436. The van der Waals surface area contributed by atoms with E-state index in [2.05, 4.69) is 9.44 Å². The molecule has 0 aromatic heterocycles. The van der Waals surface area contributed by atoms with Crippen molar-refractivity contribution in [2.75, 3.05) is 13.2 Å². The topological polar surface area (TPSA) is 128 Å². The molecule has 0 saturated carbocycles. The molecule has 94 valence electrons. The van der Waals surface area contributed by atoms with Crippen molar-refractivity contribution in [2.24, 2.45) is 0 Å². The Morgan fingerprint density at radius 3 is 2.62 bits per heavy atom. The molecule has 0 amide bonds. The van der Waals surface area contributed by atoms with Gasteiger partial charge in [-0.15, -0.1) is 0 Å². The standard InChI is InChI=1S/C7H14N2O6S/c10-2-4-6(11)7(12)5-3(15-4)1-8-16(13,14)9-5/h3-12H,1-2H2/t3-,4+,5+,6-,7+/m0/s1. The summed E-state index contributed by atoms with van der Waals surface area (Å²) in [6, 6.07) is -0.899. The quantitative estimate of drug-likeness (QED) is 0.327. The van der Waals surface area contributed by atoms with Crippen molar-refractivity contribution >= 4 is 10.2 Å². The fourth-order valence-corrected chi connectivity index (χ4v) is 3.04. The Morgan fingerprint density at radius 1 is 1.31 bits per heavy atom. The summed E-state index contributed by atoms with van der Waals surface area (Å²) in [7, 11) is -3.65. The summed E-state index contributed by atoms with van der Waals surface area (Å²) in [5.74, 6) is 0. The van der Waals surface area contributed by atoms with E-state index in [1.807, 2.05) is 0 Å². The SMILES string of the molecule is O=S1(=O)NC[C@@H]2O[C@H](CO)[C@H](O)[C@H](O)[C@@H]2N1. The molecule has 0 bridgehead atoms. The van der Waals surface area contributed by atoms with Crippen molar-refractivity contribution in [2.45, 2.75) is 30.5 Å². The largest absolute Gasteiger partial charge is 0.394 e. The van der Waals surface area contributed by atoms with E-state index in [1.54, 1.807) is 0 Å². The molecule has 16 heavy (non-hydrogen) atoms. The second-order valence-corrected chi connectivity index (χ2v) is 5.40. The molecule has 2 saturated heterocycles. The highest BCUT2D eigenvalue weighted by Gasteiger charge is 2.47. The van der Waals surface area contributed by atoms with Gasteiger partial charge < -0.3 is 20.1 Å². The van der Waals surface area contributed by atoms with Crippen molar-refractivity contribution in [1.29, 1.82) is 0 Å². The van der Waals surface area contributed by atoms with Crippen molar-refractivity contribution < 1.29 is 28.5 Å². The molecule has 0 spiro atoms. The Morgan fingerprint density at radius 2 is 2.00 bits per heavy atom. The van der Waals surface area contributed by atoms with Crippen LogP contribution in [0.5, 0.6) is 0 Å². The molecule has 2 aliphatic rings. The third-order valence-electron chi connectivity index (χ3n) is 2.79. The average Bonchev–Trinajstić information content (AvgIpc) is 2.23. The molecule has 0 aromatic rings. The predicted octanol–water partition coefficient (Wildman–Crippen LogP) is -3.73. The van der Waals surface area contributed by atoms with E-state index in [-0.39, 0.29) is 6.54 Å². The summed E-state index contributed by atoms with van der Waals surface area (Å²) in [6.07, 6.45) is -4.13. The van der Waals surface area contributed by atoms with Crippen molar-refractivity contribution in [3.05, 3.63) is 0 Å². The Balaban J connectivity index is 2.17. The first-order valence-corrected chi connectivity index (χ1v) is 6.32. The second kappa shape index (κ2) is 4.18. The van der Waals surface area contributed by atoms with Crippen LogP contribution in [-0.4, -0.2) is 67.3 Å². The highest BCUT2D eigenvalue weighted by Crippen LogP contribution is 2.23. The van der Waals surface area contributed by atoms with Crippen LogP contribution in [0.1, 0.15) is 0 Å². The Bertz CT molecular complexity index is 358. The molecule has 2 heterocycles. The van der Waals surface area contributed by atoms with E-state index in [0.29, 0.717) is 0 Å². The van der Waals surface area contributed by atoms with Gasteiger partial charge in [-0.3, -0.25) is 0 Å². The first-order chi connectivity index (χ1) is 7.44. The summed E-state index contributed by atoms with van der Waals surface area (Å²) in [5.41, 5.74) is 0. The monoisotopic (exact) mass is 254 g/mol. The summed E-state index contributed by atoms with van der Waals surface area (Å²) in [4.78, 5) is 0. The lowest BCUT2D eigenvalue weighted by atomic mass is 9.93. The van der Waals surface area contributed by atoms with Gasteiger partial charge in [0.2, 0.25) is 0 Å². The van der Waals surface area contributed by atoms with Crippen LogP contribution >= 0.6 is 0 Å². The van der Waals surface area contributed by atoms with Crippen LogP contribution in [0.25, 0.3) is 0 Å². The molecule has 2 fully saturated rings. The van der Waals surface area contributed by atoms with Gasteiger partial charge in [0.05, 0.1) is 18.8 Å². The maximum Gasteiger partial charge on any atom is 0.277 e. The zero-order valence-electron chi connectivity index (χ0n) is 8.28. The maximum absolute atomic E-state index is 11.2. The van der Waals surface area contributed by atoms with Gasteiger partial charge >= 0.3 is 0 Å². The first kappa shape index (κ1) is 12.2. The van der Waals surface area contributed by atoms with E-state index in [4.69, 9.17) is 9.84 Å². The molecule has 0 unspecified atom stereocenters. The van der Waals surface area contributed by atoms with E-state index >= 15 is 0 Å². The van der Waals surface area contributed by atoms with Crippen molar-refractivity contribution in [3.8, 4) is 0 Å². The molecule has 2 aliphatic heterocycles. The first-order valence-electron chi connectivity index (χ1n) is 4.84. The third-order valence-corrected chi connectivity index (χ3v) is 3.92. The van der Waals surface area contributed by atoms with Crippen LogP contribution in [0, 0.1) is 0 Å². The number of hydrogen-bond donors (Lipinski definition) is 5. The number of fused-ring (bicyclic) bond motifs is 1. The Labute approximate surface area is 92.4 Å². The van der Waals surface area contributed by atoms with E-state index < -0.39 is 47.3 Å². The fraction of sp³-hybridized carbons (Fsp3) is 1.00. The van der Waals surface area contributed by atoms with E-state index in [1.165, 1.54) is 0 Å². The number of rotatable bonds is 1. The van der Waals surface area contributed by atoms with Gasteiger partial charge in [-0.05, 0) is 0 Å². The molecule has 8 nitrogen and oxygen atoms in total. The minimum atomic E-state index is -3.65. The van der Waals surface area contributed by atoms with Gasteiger partial charge in [-0.1, -0.05) is 0 Å². The summed E-state index contributed by atoms with van der Waals surface area (Å²) in [5, 5.41) is 28.2. The molecule has 0 radical (unpaired) electrons. The molecule has 5 atom stereocenters. The smallest absolute Gasteiger partial charge is 0.277 e. The lowest BCUT2D eigenvalue weighted by Crippen LogP contribution is -2.70. The Hall–Kier alpha value is -0.290. The number of aliphatic hydroxyl groups excluding tert-OH is 3. The van der Waals surface area contributed by atoms with Gasteiger partial charge in [0, 0.05) is 6.54 Å². The second-order valence-electron chi connectivity index (χ2n) is 3.87. The predicted molar refractivity (Wildman–Crippen MR) is 51.6 cm³/mol. The van der Waals surface area contributed by atoms with Crippen LogP contribution < -0.4 is 9.44 Å². The lowest BCUT2D eigenvalue weighted by molar-refractivity contribution is -0.190. The van der Waals surface area contributed by atoms with Gasteiger partial charge in [-0.2, -0.15) is 17.9 Å². The molecular formula is C7H14N2O6S. The zero-order valence-corrected chi connectivity index (χ0v) is 9.09. The summed E-state index contributed by atoms with van der Waals surface area (Å²) >= 11 is 0. The zero-order chi connectivity index (χ0) is 11.9. The fourth-order valence-electron chi connectivity index (χ4n) is 1.93. The van der Waals surface area contributed by atoms with Crippen LogP contribution in [0.15, 0.2) is 0 Å². The minimum absolute atomic E-state index is 0.000278. The molecule has 9 heteroatoms. The average molecular weight is 254 g/mol. The molecule has 0 aromatic carbocycles. The van der Waals surface area contributed by atoms with Crippen molar-refractivity contribution in [1.82, 2.24) is 9.44 Å². The van der Waals surface area contributed by atoms with E-state index in [0.717, 1.165) is 0 Å². The minimum Gasteiger partial charge on any atom is -0.394 e. The number of ether oxygens (including phenoxy) is 1. The van der Waals surface area contributed by atoms with Gasteiger partial charge in [-0.25, -0.2) is 0 Å². The summed E-state index contributed by atoms with van der Waals surface area (Å²) < 4.78 is 32.0. The van der Waals surface area contributed by atoms with Crippen LogP contribution in [0.4, 0.5) is 0 Å². The van der Waals surface area contributed by atoms with Crippen LogP contribution in [0.3, 0.4) is 0 Å². The third kappa shape index (κ3) is 2.07. The highest BCUT2D eigenvalue weighted by atomic mass is 32.2. The molecule has 0 aliphatic carbocycles. The normalized spacial score (nSPS) is 47.3. The van der Waals surface area contributed by atoms with E-state index in [9.17, 15) is 18.6 Å². The van der Waals surface area contributed by atoms with Crippen LogP contribution in [-0.2, 0) is 14.9 Å². The molecular weight excluding hydrogens is 240 g/mol. The molecule has 2 rings (SSSR count). The number of aliphatic hydroxyl groups is 3. The van der Waals surface area contributed by atoms with Crippen molar-refractivity contribution in [3.63, 3.8) is 0 Å². The highest BCUT2D eigenvalue weighted by molar-refractivity contribution is 7.87. The number of hydrogen-bond acceptors (Lipinski definition) is 6. The van der Waals surface area contributed by atoms with Gasteiger partial charge in [0.1, 0.15) is 18.3 Å². The number of nitrogens with one attached hydrogen (secondary N) is 2. The van der Waals surface area contributed by atoms with Gasteiger partial charge in [0.25, 0.3) is 10.2 Å². The lowest BCUT2D eigenvalue weighted by Gasteiger charge is -2.44. The van der Waals surface area contributed by atoms with Gasteiger partial charge in [0.15, 0.2) is 0 Å². The maximum atomic E-state index is 11.2.